The third-order valence-corrected chi connectivity index (χ3v) is 1.61. The van der Waals surface area contributed by atoms with Gasteiger partial charge in [0, 0.05) is 6.20 Å². The molecule has 0 fully saturated rings. The van der Waals surface area contributed by atoms with Crippen LogP contribution in [-0.4, -0.2) is 26.0 Å². The van der Waals surface area contributed by atoms with E-state index in [0.717, 1.165) is 0 Å². The van der Waals surface area contributed by atoms with Gasteiger partial charge in [0.1, 0.15) is 6.33 Å². The lowest BCUT2D eigenvalue weighted by atomic mass is 10.2. The van der Waals surface area contributed by atoms with E-state index in [0.29, 0.717) is 11.0 Å². The molecule has 0 aromatic carbocycles. The van der Waals surface area contributed by atoms with Crippen molar-refractivity contribution in [2.24, 2.45) is 0 Å². The second-order valence-corrected chi connectivity index (χ2v) is 2.40. The Balaban J connectivity index is 2.83. The van der Waals surface area contributed by atoms with Gasteiger partial charge in [0.05, 0.1) is 5.39 Å². The molecule has 0 unspecified atom stereocenters. The number of carbonyl (C=O) groups is 1. The molecular formula is C8H5N3O2. The molecule has 64 valence electrons. The van der Waals surface area contributed by atoms with Crippen LogP contribution >= 0.6 is 0 Å². The number of pyridine rings is 1. The molecule has 0 aliphatic heterocycles. The fourth-order valence-electron chi connectivity index (χ4n) is 1.07. The number of fused-ring (bicyclic) bond motifs is 1. The van der Waals surface area contributed by atoms with Crippen LogP contribution in [0.3, 0.4) is 0 Å². The van der Waals surface area contributed by atoms with Gasteiger partial charge in [-0.3, -0.25) is 0 Å². The van der Waals surface area contributed by atoms with Crippen LogP contribution < -0.4 is 0 Å². The van der Waals surface area contributed by atoms with E-state index in [1.807, 2.05) is 0 Å². The van der Waals surface area contributed by atoms with Crippen molar-refractivity contribution in [3.05, 3.63) is 30.4 Å². The molecule has 5 nitrogen and oxygen atoms in total. The summed E-state index contributed by atoms with van der Waals surface area (Å²) in [5.74, 6) is -1.07. The highest BCUT2D eigenvalue weighted by atomic mass is 16.4. The van der Waals surface area contributed by atoms with Crippen LogP contribution in [0.5, 0.6) is 0 Å². The zero-order chi connectivity index (χ0) is 9.26. The zero-order valence-electron chi connectivity index (χ0n) is 6.51. The lowest BCUT2D eigenvalue weighted by molar-refractivity contribution is 0.0692. The molecule has 0 aliphatic carbocycles. The molecule has 2 aromatic heterocycles. The van der Waals surface area contributed by atoms with E-state index in [1.54, 1.807) is 18.3 Å². The Morgan fingerprint density at radius 1 is 1.31 bits per heavy atom. The van der Waals surface area contributed by atoms with Crippen LogP contribution in [0.2, 0.25) is 0 Å². The Bertz CT molecular complexity index is 464. The first-order chi connectivity index (χ1) is 6.29. The van der Waals surface area contributed by atoms with E-state index < -0.39 is 5.97 Å². The maximum absolute atomic E-state index is 10.7. The van der Waals surface area contributed by atoms with Crippen molar-refractivity contribution in [1.82, 2.24) is 15.0 Å². The van der Waals surface area contributed by atoms with Crippen molar-refractivity contribution in [2.45, 2.75) is 0 Å². The van der Waals surface area contributed by atoms with Gasteiger partial charge in [-0.15, -0.1) is 0 Å². The zero-order valence-corrected chi connectivity index (χ0v) is 6.51. The van der Waals surface area contributed by atoms with Gasteiger partial charge in [0.15, 0.2) is 11.3 Å². The normalized spacial score (nSPS) is 10.2. The van der Waals surface area contributed by atoms with E-state index in [1.165, 1.54) is 6.33 Å². The van der Waals surface area contributed by atoms with Crippen molar-refractivity contribution in [1.29, 1.82) is 0 Å². The summed E-state index contributed by atoms with van der Waals surface area (Å²) >= 11 is 0. The first-order valence-corrected chi connectivity index (χ1v) is 3.58. The number of nitrogens with zero attached hydrogens (tertiary/aromatic N) is 3. The molecule has 0 aliphatic rings. The standard InChI is InChI=1S/C8H5N3O2/c12-8(13)6-5-2-1-3-9-7(5)11-4-10-6/h1-4H,(H,12,13). The molecule has 0 atom stereocenters. The van der Waals surface area contributed by atoms with Crippen molar-refractivity contribution in [3.63, 3.8) is 0 Å². The minimum atomic E-state index is -1.07. The van der Waals surface area contributed by atoms with E-state index in [-0.39, 0.29) is 5.69 Å². The highest BCUT2D eigenvalue weighted by Gasteiger charge is 2.09. The van der Waals surface area contributed by atoms with Crippen LogP contribution in [0.1, 0.15) is 10.5 Å². The number of hydrogen-bond donors (Lipinski definition) is 1. The monoisotopic (exact) mass is 175 g/mol. The predicted molar refractivity (Wildman–Crippen MR) is 44.3 cm³/mol. The smallest absolute Gasteiger partial charge is 0.355 e. The summed E-state index contributed by atoms with van der Waals surface area (Å²) in [6, 6.07) is 3.28. The summed E-state index contributed by atoms with van der Waals surface area (Å²) in [4.78, 5) is 22.1. The molecule has 0 spiro atoms. The molecule has 0 bridgehead atoms. The molecular weight excluding hydrogens is 170 g/mol. The maximum Gasteiger partial charge on any atom is 0.355 e. The Labute approximate surface area is 73.1 Å². The first kappa shape index (κ1) is 7.60. The lowest BCUT2D eigenvalue weighted by Crippen LogP contribution is -2.02. The molecule has 2 rings (SSSR count). The van der Waals surface area contributed by atoms with Crippen molar-refractivity contribution in [3.8, 4) is 0 Å². The van der Waals surface area contributed by atoms with E-state index in [9.17, 15) is 4.79 Å². The highest BCUT2D eigenvalue weighted by Crippen LogP contribution is 2.10. The summed E-state index contributed by atoms with van der Waals surface area (Å²) in [7, 11) is 0. The summed E-state index contributed by atoms with van der Waals surface area (Å²) in [5.41, 5.74) is 0.382. The molecule has 0 radical (unpaired) electrons. The fourth-order valence-corrected chi connectivity index (χ4v) is 1.07. The van der Waals surface area contributed by atoms with Gasteiger partial charge in [0.2, 0.25) is 0 Å². The van der Waals surface area contributed by atoms with Crippen LogP contribution in [-0.2, 0) is 0 Å². The Morgan fingerprint density at radius 2 is 2.15 bits per heavy atom. The first-order valence-electron chi connectivity index (χ1n) is 3.58. The minimum Gasteiger partial charge on any atom is -0.476 e. The molecule has 13 heavy (non-hydrogen) atoms. The summed E-state index contributed by atoms with van der Waals surface area (Å²) in [6.45, 7) is 0. The van der Waals surface area contributed by atoms with E-state index >= 15 is 0 Å². The summed E-state index contributed by atoms with van der Waals surface area (Å²) in [6.07, 6.45) is 2.75. The molecule has 0 saturated carbocycles. The molecule has 1 N–H and O–H groups in total. The number of carboxylic acids is 1. The number of aromatic nitrogens is 3. The molecule has 0 saturated heterocycles. The van der Waals surface area contributed by atoms with Gasteiger partial charge in [-0.2, -0.15) is 0 Å². The average Bonchev–Trinajstić information content (AvgIpc) is 2.17. The number of carboxylic acid groups (broad SMARTS) is 1. The number of hydrogen-bond acceptors (Lipinski definition) is 4. The van der Waals surface area contributed by atoms with Gasteiger partial charge in [0.25, 0.3) is 0 Å². The lowest BCUT2D eigenvalue weighted by Gasteiger charge is -1.97. The maximum atomic E-state index is 10.7. The van der Waals surface area contributed by atoms with Gasteiger partial charge in [-0.05, 0) is 12.1 Å². The minimum absolute atomic E-state index is 0.0156. The summed E-state index contributed by atoms with van der Waals surface area (Å²) in [5, 5.41) is 9.22. The Kier molecular flexibility index (Phi) is 1.63. The Morgan fingerprint density at radius 3 is 2.92 bits per heavy atom. The van der Waals surface area contributed by atoms with E-state index in [4.69, 9.17) is 5.11 Å². The molecule has 2 heterocycles. The third-order valence-electron chi connectivity index (χ3n) is 1.61. The van der Waals surface area contributed by atoms with Crippen LogP contribution in [0.25, 0.3) is 11.0 Å². The van der Waals surface area contributed by atoms with Gasteiger partial charge in [-0.25, -0.2) is 19.7 Å². The van der Waals surface area contributed by atoms with Crippen LogP contribution in [0, 0.1) is 0 Å². The van der Waals surface area contributed by atoms with Crippen molar-refractivity contribution in [2.75, 3.05) is 0 Å². The third kappa shape index (κ3) is 1.20. The van der Waals surface area contributed by atoms with E-state index in [2.05, 4.69) is 15.0 Å². The molecule has 5 heteroatoms. The SMILES string of the molecule is O=C(O)c1ncnc2ncccc12. The molecule has 0 amide bonds. The molecule has 2 aromatic rings. The Hall–Kier alpha value is -2.04. The second-order valence-electron chi connectivity index (χ2n) is 2.40. The number of rotatable bonds is 1. The van der Waals surface area contributed by atoms with Crippen LogP contribution in [0.4, 0.5) is 0 Å². The van der Waals surface area contributed by atoms with Gasteiger partial charge >= 0.3 is 5.97 Å². The van der Waals surface area contributed by atoms with Crippen LogP contribution in [0.15, 0.2) is 24.7 Å². The van der Waals surface area contributed by atoms with Gasteiger partial charge < -0.3 is 5.11 Å². The van der Waals surface area contributed by atoms with Crippen molar-refractivity contribution < 1.29 is 9.90 Å². The average molecular weight is 175 g/mol. The van der Waals surface area contributed by atoms with Crippen molar-refractivity contribution >= 4 is 17.0 Å². The highest BCUT2D eigenvalue weighted by molar-refractivity contribution is 5.99. The summed E-state index contributed by atoms with van der Waals surface area (Å²) < 4.78 is 0. The topological polar surface area (TPSA) is 76.0 Å². The van der Waals surface area contributed by atoms with Gasteiger partial charge in [-0.1, -0.05) is 0 Å². The largest absolute Gasteiger partial charge is 0.476 e. The number of aromatic carboxylic acids is 1. The second kappa shape index (κ2) is 2.78. The predicted octanol–water partition coefficient (Wildman–Crippen LogP) is 0.723. The quantitative estimate of drug-likeness (QED) is 0.691. The fraction of sp³-hybridized carbons (Fsp3) is 0.